The van der Waals surface area contributed by atoms with Gasteiger partial charge in [0.15, 0.2) is 0 Å². The first-order chi connectivity index (χ1) is 22.6. The van der Waals surface area contributed by atoms with Crippen LogP contribution in [0.1, 0.15) is 56.7 Å². The van der Waals surface area contributed by atoms with Gasteiger partial charge in [0.2, 0.25) is 11.8 Å². The van der Waals surface area contributed by atoms with Gasteiger partial charge in [-0.3, -0.25) is 9.59 Å². The van der Waals surface area contributed by atoms with Crippen LogP contribution in [0.4, 0.5) is 8.78 Å². The van der Waals surface area contributed by atoms with Gasteiger partial charge in [0.1, 0.15) is 11.6 Å². The van der Waals surface area contributed by atoms with Gasteiger partial charge in [-0.15, -0.1) is 0 Å². The molecule has 10 heteroatoms. The number of carbonyl (C=O) groups excluding carboxylic acids is 2. The van der Waals surface area contributed by atoms with Gasteiger partial charge in [0.25, 0.3) is 0 Å². The maximum absolute atomic E-state index is 14.4. The number of benzene rings is 2. The van der Waals surface area contributed by atoms with Crippen molar-refractivity contribution in [1.29, 1.82) is 0 Å². The molecular formula is C37H51F2N5O3. The highest BCUT2D eigenvalue weighted by atomic mass is 19.1. The first-order valence-corrected chi connectivity index (χ1v) is 17.0. The zero-order valence-corrected chi connectivity index (χ0v) is 28.0. The van der Waals surface area contributed by atoms with Crippen LogP contribution in [0.25, 0.3) is 0 Å². The maximum atomic E-state index is 14.4. The lowest BCUT2D eigenvalue weighted by Gasteiger charge is -2.44. The van der Waals surface area contributed by atoms with Crippen LogP contribution in [0.3, 0.4) is 0 Å². The number of aliphatic hydroxyl groups excluding tert-OH is 1. The van der Waals surface area contributed by atoms with Crippen LogP contribution in [0.5, 0.6) is 0 Å². The zero-order chi connectivity index (χ0) is 34.0. The van der Waals surface area contributed by atoms with Crippen molar-refractivity contribution >= 4 is 11.8 Å². The van der Waals surface area contributed by atoms with Crippen molar-refractivity contribution in [3.63, 3.8) is 0 Å². The third kappa shape index (κ3) is 9.27. The van der Waals surface area contributed by atoms with Crippen molar-refractivity contribution in [2.24, 2.45) is 17.1 Å². The second kappa shape index (κ2) is 17.0. The molecule has 1 saturated heterocycles. The molecule has 2 aromatic carbocycles. The Bertz CT molecular complexity index is 1410. The number of aryl methyl sites for hydroxylation is 1. The maximum Gasteiger partial charge on any atom is 0.249 e. The molecule has 8 nitrogen and oxygen atoms in total. The van der Waals surface area contributed by atoms with Gasteiger partial charge in [0, 0.05) is 75.6 Å². The average Bonchev–Trinajstić information content (AvgIpc) is 3.06. The quantitative estimate of drug-likeness (QED) is 0.218. The van der Waals surface area contributed by atoms with Crippen molar-refractivity contribution in [3.8, 4) is 0 Å². The van der Waals surface area contributed by atoms with Crippen molar-refractivity contribution in [1.82, 2.24) is 20.4 Å². The van der Waals surface area contributed by atoms with Crippen LogP contribution in [0.15, 0.2) is 65.9 Å². The summed E-state index contributed by atoms with van der Waals surface area (Å²) >= 11 is 0. The van der Waals surface area contributed by atoms with E-state index in [1.807, 2.05) is 32.1 Å². The third-order valence-electron chi connectivity index (χ3n) is 9.29. The predicted octanol–water partition coefficient (Wildman–Crippen LogP) is 4.08. The number of nitrogens with two attached hydrogens (primary N) is 1. The standard InChI is InChI=1S/C37H51F2N5O3/c1-4-12-44(13-5-2)35(46)29-20-32(43-14-10-41-11-15-43)23-37(22-29,36(40)47)33(19-28-17-30(38)21-31(39)18-28)34(45)25-42-24-27-9-7-8-26(6-3)16-27/h7-9,16-18,20-21,23,33-34,41-42,45H,4-6,10-15,19,22,24-25H2,1-3H3,(H2,40,47)/t33-,34+,37?/m1/s1. The number of nitrogens with one attached hydrogen (secondary N) is 2. The van der Waals surface area contributed by atoms with Crippen LogP contribution in [0, 0.1) is 23.0 Å². The van der Waals surface area contributed by atoms with Crippen molar-refractivity contribution < 1.29 is 23.5 Å². The Morgan fingerprint density at radius 2 is 1.68 bits per heavy atom. The Hall–Kier alpha value is -3.60. The molecule has 0 bridgehead atoms. The van der Waals surface area contributed by atoms with E-state index in [0.29, 0.717) is 49.6 Å². The summed E-state index contributed by atoms with van der Waals surface area (Å²) in [6.45, 7) is 10.6. The van der Waals surface area contributed by atoms with E-state index in [4.69, 9.17) is 5.73 Å². The molecule has 256 valence electrons. The molecule has 2 aliphatic rings. The minimum absolute atomic E-state index is 0.0290. The molecule has 1 fully saturated rings. The molecule has 0 spiro atoms. The number of allylic oxidation sites excluding steroid dienone is 1. The number of aliphatic hydroxyl groups is 1. The molecule has 47 heavy (non-hydrogen) atoms. The molecule has 3 atom stereocenters. The van der Waals surface area contributed by atoms with E-state index in [1.165, 1.54) is 17.7 Å². The Morgan fingerprint density at radius 3 is 2.30 bits per heavy atom. The van der Waals surface area contributed by atoms with Crippen molar-refractivity contribution in [3.05, 3.63) is 94.2 Å². The van der Waals surface area contributed by atoms with Gasteiger partial charge in [-0.1, -0.05) is 45.0 Å². The minimum atomic E-state index is -1.52. The predicted molar refractivity (Wildman–Crippen MR) is 181 cm³/mol. The third-order valence-corrected chi connectivity index (χ3v) is 9.29. The lowest BCUT2D eigenvalue weighted by Crippen LogP contribution is -2.53. The van der Waals surface area contributed by atoms with E-state index in [0.717, 1.165) is 44.0 Å². The number of hydrogen-bond acceptors (Lipinski definition) is 6. The molecule has 1 aliphatic carbocycles. The highest BCUT2D eigenvalue weighted by molar-refractivity contribution is 5.97. The summed E-state index contributed by atoms with van der Waals surface area (Å²) in [5, 5.41) is 18.6. The van der Waals surface area contributed by atoms with Crippen LogP contribution in [-0.4, -0.2) is 78.6 Å². The largest absolute Gasteiger partial charge is 0.391 e. The Kier molecular flexibility index (Phi) is 13.1. The van der Waals surface area contributed by atoms with Gasteiger partial charge >= 0.3 is 0 Å². The lowest BCUT2D eigenvalue weighted by atomic mass is 9.63. The summed E-state index contributed by atoms with van der Waals surface area (Å²) in [5.41, 5.74) is 8.46. The molecule has 2 aromatic rings. The van der Waals surface area contributed by atoms with Crippen molar-refractivity contribution in [2.45, 2.75) is 65.5 Å². The monoisotopic (exact) mass is 651 g/mol. The highest BCUT2D eigenvalue weighted by Gasteiger charge is 2.49. The van der Waals surface area contributed by atoms with E-state index in [9.17, 15) is 23.5 Å². The summed E-state index contributed by atoms with van der Waals surface area (Å²) in [6, 6.07) is 11.4. The SMILES string of the molecule is CCCN(CCC)C(=O)C1=CC(N2CCNCC2)=CC(C(N)=O)([C@H](Cc2cc(F)cc(F)c2)[C@@H](O)CNCc2cccc(CC)c2)C1. The van der Waals surface area contributed by atoms with Crippen molar-refractivity contribution in [2.75, 3.05) is 45.8 Å². The molecule has 0 radical (unpaired) electrons. The number of piperazine rings is 1. The van der Waals surface area contributed by atoms with E-state index in [-0.39, 0.29) is 25.3 Å². The fourth-order valence-corrected chi connectivity index (χ4v) is 6.89. The molecule has 5 N–H and O–H groups in total. The molecular weight excluding hydrogens is 600 g/mol. The minimum Gasteiger partial charge on any atom is -0.391 e. The zero-order valence-electron chi connectivity index (χ0n) is 28.0. The number of rotatable bonds is 16. The number of halogens is 2. The molecule has 0 aromatic heterocycles. The number of hydrogen-bond donors (Lipinski definition) is 4. The number of primary amides is 1. The molecule has 2 amide bonds. The summed E-state index contributed by atoms with van der Waals surface area (Å²) in [6.07, 6.45) is 4.90. The van der Waals surface area contributed by atoms with Gasteiger partial charge in [-0.2, -0.15) is 0 Å². The molecule has 4 rings (SSSR count). The van der Waals surface area contributed by atoms with Gasteiger partial charge in [-0.05, 0) is 73.1 Å². The topological polar surface area (TPSA) is 111 Å². The summed E-state index contributed by atoms with van der Waals surface area (Å²) < 4.78 is 28.9. The van der Waals surface area contributed by atoms with E-state index >= 15 is 0 Å². The highest BCUT2D eigenvalue weighted by Crippen LogP contribution is 2.45. The number of nitrogens with zero attached hydrogens (tertiary/aromatic N) is 2. The van der Waals surface area contributed by atoms with E-state index < -0.39 is 35.0 Å². The Labute approximate surface area is 278 Å². The molecule has 1 unspecified atom stereocenters. The first kappa shape index (κ1) is 36.2. The number of amides is 2. The van der Waals surface area contributed by atoms with Gasteiger partial charge < -0.3 is 31.3 Å². The molecule has 1 heterocycles. The fraction of sp³-hybridized carbons (Fsp3) is 0.514. The summed E-state index contributed by atoms with van der Waals surface area (Å²) in [7, 11) is 0. The van der Waals surface area contributed by atoms with Crippen LogP contribution >= 0.6 is 0 Å². The average molecular weight is 652 g/mol. The first-order valence-electron chi connectivity index (χ1n) is 17.0. The Morgan fingerprint density at radius 1 is 1.02 bits per heavy atom. The van der Waals surface area contributed by atoms with Crippen LogP contribution in [-0.2, 0) is 29.0 Å². The lowest BCUT2D eigenvalue weighted by molar-refractivity contribution is -0.132. The van der Waals surface area contributed by atoms with E-state index in [2.05, 4.69) is 34.6 Å². The molecule has 0 saturated carbocycles. The normalized spacial score (nSPS) is 19.5. The second-order valence-electron chi connectivity index (χ2n) is 12.8. The molecule has 1 aliphatic heterocycles. The fourth-order valence-electron chi connectivity index (χ4n) is 6.89. The Balaban J connectivity index is 1.77. The van der Waals surface area contributed by atoms with E-state index in [1.54, 1.807) is 11.0 Å². The van der Waals surface area contributed by atoms with Crippen LogP contribution in [0.2, 0.25) is 0 Å². The summed E-state index contributed by atoms with van der Waals surface area (Å²) in [5.74, 6) is -3.27. The smallest absolute Gasteiger partial charge is 0.249 e. The second-order valence-corrected chi connectivity index (χ2v) is 12.8. The van der Waals surface area contributed by atoms with Crippen LogP contribution < -0.4 is 16.4 Å². The number of carbonyl (C=O) groups is 2. The van der Waals surface area contributed by atoms with Gasteiger partial charge in [-0.25, -0.2) is 8.78 Å². The summed E-state index contributed by atoms with van der Waals surface area (Å²) in [4.78, 5) is 31.9. The van der Waals surface area contributed by atoms with Gasteiger partial charge in [0.05, 0.1) is 11.5 Å².